The zero-order valence-corrected chi connectivity index (χ0v) is 22.1. The molecule has 1 atom stereocenters. The molecule has 1 N–H and O–H groups in total. The van der Waals surface area contributed by atoms with Crippen molar-refractivity contribution in [2.75, 3.05) is 23.9 Å². The predicted molar refractivity (Wildman–Crippen MR) is 142 cm³/mol. The number of benzene rings is 2. The van der Waals surface area contributed by atoms with Gasteiger partial charge in [-0.2, -0.15) is 0 Å². The molecule has 1 aliphatic heterocycles. The Hall–Kier alpha value is -3.36. The first kappa shape index (κ1) is 26.7. The number of pyridine rings is 1. The van der Waals surface area contributed by atoms with Crippen LogP contribution in [0.5, 0.6) is 11.6 Å². The fourth-order valence-corrected chi connectivity index (χ4v) is 5.05. The molecule has 3 aromatic rings. The molecule has 2 aromatic carbocycles. The molecule has 0 bridgehead atoms. The standard InChI is InChI=1S/C27H26Cl2FN3O4/c1-4-33-22-11-8-17(12-16(22)6-5-7-23(33)34)32-26(35)19-13-18(14-31-27(19)36-3)37-15(2)24-20(28)9-10-21(30)25(24)29/h8-15H,4-7H2,1-3H3,(H,32,35)/t15-/m1/s1. The van der Waals surface area contributed by atoms with Crippen molar-refractivity contribution in [2.45, 2.75) is 39.2 Å². The zero-order valence-electron chi connectivity index (χ0n) is 20.6. The number of aryl methyl sites for hydroxylation is 1. The smallest absolute Gasteiger partial charge is 0.261 e. The van der Waals surface area contributed by atoms with E-state index in [4.69, 9.17) is 32.7 Å². The third-order valence-electron chi connectivity index (χ3n) is 6.15. The van der Waals surface area contributed by atoms with Gasteiger partial charge in [-0.05, 0) is 68.7 Å². The monoisotopic (exact) mass is 545 g/mol. The Balaban J connectivity index is 1.58. The Labute approximate surface area is 224 Å². The maximum Gasteiger partial charge on any atom is 0.261 e. The number of anilines is 2. The van der Waals surface area contributed by atoms with Gasteiger partial charge in [0.25, 0.3) is 5.91 Å². The molecular weight excluding hydrogens is 520 g/mol. The lowest BCUT2D eigenvalue weighted by Crippen LogP contribution is -2.29. The van der Waals surface area contributed by atoms with E-state index in [0.29, 0.717) is 18.7 Å². The molecule has 0 spiro atoms. The quantitative estimate of drug-likeness (QED) is 0.337. The Morgan fingerprint density at radius 2 is 2.00 bits per heavy atom. The van der Waals surface area contributed by atoms with Crippen LogP contribution in [0.15, 0.2) is 42.6 Å². The molecule has 2 heterocycles. The van der Waals surface area contributed by atoms with Crippen molar-refractivity contribution in [3.63, 3.8) is 0 Å². The van der Waals surface area contributed by atoms with Crippen LogP contribution in [0.4, 0.5) is 15.8 Å². The van der Waals surface area contributed by atoms with Gasteiger partial charge in [0.15, 0.2) is 0 Å². The number of ether oxygens (including phenoxy) is 2. The van der Waals surface area contributed by atoms with Crippen LogP contribution in [-0.4, -0.2) is 30.5 Å². The molecule has 194 valence electrons. The van der Waals surface area contributed by atoms with Gasteiger partial charge < -0.3 is 19.7 Å². The Morgan fingerprint density at radius 3 is 2.73 bits per heavy atom. The summed E-state index contributed by atoms with van der Waals surface area (Å²) in [5.74, 6) is -0.621. The van der Waals surface area contributed by atoms with E-state index >= 15 is 0 Å². The molecule has 0 unspecified atom stereocenters. The second-order valence-corrected chi connectivity index (χ2v) is 9.32. The minimum Gasteiger partial charge on any atom is -0.484 e. The second kappa shape index (κ2) is 11.4. The number of aromatic nitrogens is 1. The van der Waals surface area contributed by atoms with Gasteiger partial charge in [0.1, 0.15) is 23.2 Å². The highest BCUT2D eigenvalue weighted by Gasteiger charge is 2.23. The number of nitrogens with one attached hydrogen (secondary N) is 1. The van der Waals surface area contributed by atoms with Crippen LogP contribution in [0, 0.1) is 5.82 Å². The topological polar surface area (TPSA) is 80.8 Å². The third kappa shape index (κ3) is 5.65. The maximum atomic E-state index is 14.0. The fraction of sp³-hybridized carbons (Fsp3) is 0.296. The summed E-state index contributed by atoms with van der Waals surface area (Å²) in [5.41, 5.74) is 2.86. The predicted octanol–water partition coefficient (Wildman–Crippen LogP) is 6.62. The molecule has 2 amide bonds. The summed E-state index contributed by atoms with van der Waals surface area (Å²) in [6, 6.07) is 9.55. The molecular formula is C27H26Cl2FN3O4. The van der Waals surface area contributed by atoms with Crippen LogP contribution in [0.25, 0.3) is 0 Å². The van der Waals surface area contributed by atoms with E-state index in [-0.39, 0.29) is 38.7 Å². The van der Waals surface area contributed by atoms with E-state index in [1.807, 2.05) is 19.1 Å². The molecule has 0 fully saturated rings. The molecule has 1 aromatic heterocycles. The van der Waals surface area contributed by atoms with Crippen LogP contribution in [-0.2, 0) is 11.2 Å². The Kier molecular flexibility index (Phi) is 8.19. The Morgan fingerprint density at radius 1 is 1.22 bits per heavy atom. The normalized spacial score (nSPS) is 14.0. The van der Waals surface area contributed by atoms with Crippen LogP contribution in [0.3, 0.4) is 0 Å². The number of hydrogen-bond acceptors (Lipinski definition) is 5. The van der Waals surface area contributed by atoms with Gasteiger partial charge in [0.2, 0.25) is 11.8 Å². The highest BCUT2D eigenvalue weighted by Crippen LogP contribution is 2.36. The van der Waals surface area contributed by atoms with Crippen LogP contribution >= 0.6 is 23.2 Å². The number of halogens is 3. The van der Waals surface area contributed by atoms with Gasteiger partial charge in [0, 0.05) is 34.9 Å². The summed E-state index contributed by atoms with van der Waals surface area (Å²) in [5, 5.41) is 3.00. The van der Waals surface area contributed by atoms with E-state index in [1.165, 1.54) is 31.5 Å². The molecule has 7 nitrogen and oxygen atoms in total. The minimum atomic E-state index is -0.726. The van der Waals surface area contributed by atoms with Gasteiger partial charge in [-0.3, -0.25) is 9.59 Å². The number of amides is 2. The van der Waals surface area contributed by atoms with E-state index in [0.717, 1.165) is 24.1 Å². The van der Waals surface area contributed by atoms with Gasteiger partial charge in [-0.15, -0.1) is 0 Å². The van der Waals surface area contributed by atoms with Gasteiger partial charge in [0.05, 0.1) is 18.3 Å². The first-order chi connectivity index (χ1) is 17.7. The maximum absolute atomic E-state index is 14.0. The highest BCUT2D eigenvalue weighted by molar-refractivity contribution is 6.36. The minimum absolute atomic E-state index is 0.0979. The zero-order chi connectivity index (χ0) is 26.7. The number of rotatable bonds is 7. The number of carbonyl (C=O) groups excluding carboxylic acids is 2. The van der Waals surface area contributed by atoms with E-state index in [2.05, 4.69) is 10.3 Å². The SMILES string of the molecule is CCN1C(=O)CCCc2cc(NC(=O)c3cc(O[C@H](C)c4c(Cl)ccc(F)c4Cl)cnc3OC)ccc21. The van der Waals surface area contributed by atoms with Crippen LogP contribution in [0.1, 0.15) is 54.3 Å². The Bertz CT molecular complexity index is 1350. The summed E-state index contributed by atoms with van der Waals surface area (Å²) < 4.78 is 25.2. The molecule has 0 radical (unpaired) electrons. The van der Waals surface area contributed by atoms with Crippen molar-refractivity contribution in [3.8, 4) is 11.6 Å². The number of fused-ring (bicyclic) bond motifs is 1. The third-order valence-corrected chi connectivity index (χ3v) is 6.86. The van der Waals surface area contributed by atoms with Gasteiger partial charge in [-0.25, -0.2) is 9.37 Å². The largest absolute Gasteiger partial charge is 0.484 e. The fourth-order valence-electron chi connectivity index (χ4n) is 4.37. The molecule has 10 heteroatoms. The lowest BCUT2D eigenvalue weighted by Gasteiger charge is -2.22. The summed E-state index contributed by atoms with van der Waals surface area (Å²) in [6.07, 6.45) is 2.64. The summed E-state index contributed by atoms with van der Waals surface area (Å²) in [4.78, 5) is 31.5. The van der Waals surface area contributed by atoms with Crippen molar-refractivity contribution in [1.29, 1.82) is 0 Å². The average Bonchev–Trinajstić information content (AvgIpc) is 3.03. The van der Waals surface area contributed by atoms with Crippen molar-refractivity contribution < 1.29 is 23.5 Å². The first-order valence-electron chi connectivity index (χ1n) is 11.8. The molecule has 0 aliphatic carbocycles. The van der Waals surface area contributed by atoms with Gasteiger partial charge in [-0.1, -0.05) is 23.2 Å². The summed E-state index contributed by atoms with van der Waals surface area (Å²) >= 11 is 12.3. The molecule has 0 saturated heterocycles. The lowest BCUT2D eigenvalue weighted by molar-refractivity contribution is -0.118. The number of methoxy groups -OCH3 is 1. The molecule has 0 saturated carbocycles. The summed E-state index contributed by atoms with van der Waals surface area (Å²) in [7, 11) is 1.41. The van der Waals surface area contributed by atoms with Gasteiger partial charge >= 0.3 is 0 Å². The van der Waals surface area contributed by atoms with E-state index < -0.39 is 17.8 Å². The van der Waals surface area contributed by atoms with E-state index in [1.54, 1.807) is 17.9 Å². The van der Waals surface area contributed by atoms with Crippen LogP contribution in [0.2, 0.25) is 10.0 Å². The average molecular weight is 546 g/mol. The second-order valence-electron chi connectivity index (χ2n) is 8.53. The number of hydrogen-bond donors (Lipinski definition) is 1. The number of nitrogens with zero attached hydrogens (tertiary/aromatic N) is 2. The highest BCUT2D eigenvalue weighted by atomic mass is 35.5. The number of carbonyl (C=O) groups is 2. The molecule has 37 heavy (non-hydrogen) atoms. The van der Waals surface area contributed by atoms with E-state index in [9.17, 15) is 14.0 Å². The first-order valence-corrected chi connectivity index (χ1v) is 12.6. The van der Waals surface area contributed by atoms with Crippen molar-refractivity contribution in [3.05, 3.63) is 75.1 Å². The van der Waals surface area contributed by atoms with Crippen LogP contribution < -0.4 is 19.7 Å². The molecule has 4 rings (SSSR count). The van der Waals surface area contributed by atoms with Crippen molar-refractivity contribution >= 4 is 46.4 Å². The van der Waals surface area contributed by atoms with Crippen molar-refractivity contribution in [2.24, 2.45) is 0 Å². The summed E-state index contributed by atoms with van der Waals surface area (Å²) in [6.45, 7) is 4.18. The molecule has 1 aliphatic rings. The lowest BCUT2D eigenvalue weighted by atomic mass is 10.1. The van der Waals surface area contributed by atoms with Crippen molar-refractivity contribution in [1.82, 2.24) is 4.98 Å².